The summed E-state index contributed by atoms with van der Waals surface area (Å²) in [5.41, 5.74) is 1.53. The SMILES string of the molecule is O=C1O[C@@]23CCCCCC2(c2ccccc2N3)c2ccc(O)c(O)c21. The summed E-state index contributed by atoms with van der Waals surface area (Å²) < 4.78 is 6.00. The number of ether oxygens (including phenoxy) is 1. The largest absolute Gasteiger partial charge is 0.504 e. The molecule has 1 unspecified atom stereocenters. The lowest BCUT2D eigenvalue weighted by Crippen LogP contribution is -2.58. The van der Waals surface area contributed by atoms with Gasteiger partial charge < -0.3 is 20.3 Å². The van der Waals surface area contributed by atoms with Crippen LogP contribution < -0.4 is 5.32 Å². The number of fused-ring (bicyclic) bond motifs is 2. The van der Waals surface area contributed by atoms with Gasteiger partial charge in [-0.2, -0.15) is 0 Å². The van der Waals surface area contributed by atoms with Crippen LogP contribution in [0.5, 0.6) is 11.5 Å². The van der Waals surface area contributed by atoms with Crippen LogP contribution in [-0.2, 0) is 10.2 Å². The number of hydrogen-bond donors (Lipinski definition) is 3. The lowest BCUT2D eigenvalue weighted by Gasteiger charge is -2.48. The molecule has 128 valence electrons. The van der Waals surface area contributed by atoms with E-state index in [1.54, 1.807) is 6.07 Å². The summed E-state index contributed by atoms with van der Waals surface area (Å²) in [4.78, 5) is 12.8. The molecule has 0 spiro atoms. The minimum Gasteiger partial charge on any atom is -0.504 e. The third-order valence-electron chi connectivity index (χ3n) is 6.08. The van der Waals surface area contributed by atoms with Gasteiger partial charge in [-0.05, 0) is 36.1 Å². The highest BCUT2D eigenvalue weighted by Gasteiger charge is 2.65. The molecule has 1 saturated carbocycles. The van der Waals surface area contributed by atoms with Crippen LogP contribution in [0.25, 0.3) is 0 Å². The molecular formula is C20H19NO4. The average Bonchev–Trinajstić information content (AvgIpc) is 2.74. The number of rotatable bonds is 0. The molecule has 1 aliphatic carbocycles. The third kappa shape index (κ3) is 1.61. The molecule has 3 N–H and O–H groups in total. The molecule has 3 aliphatic rings. The zero-order valence-corrected chi connectivity index (χ0v) is 13.7. The second-order valence-electron chi connectivity index (χ2n) is 7.21. The van der Waals surface area contributed by atoms with Gasteiger partial charge in [0.25, 0.3) is 0 Å². The van der Waals surface area contributed by atoms with Crippen molar-refractivity contribution in [2.75, 3.05) is 5.32 Å². The van der Waals surface area contributed by atoms with Crippen LogP contribution >= 0.6 is 0 Å². The van der Waals surface area contributed by atoms with Crippen molar-refractivity contribution in [3.8, 4) is 11.5 Å². The molecule has 0 saturated heterocycles. The highest BCUT2D eigenvalue weighted by Crippen LogP contribution is 2.62. The minimum absolute atomic E-state index is 0.0935. The topological polar surface area (TPSA) is 78.8 Å². The van der Waals surface area contributed by atoms with Crippen LogP contribution in [0.15, 0.2) is 36.4 Å². The number of esters is 1. The first kappa shape index (κ1) is 14.6. The highest BCUT2D eigenvalue weighted by atomic mass is 16.6. The van der Waals surface area contributed by atoms with Gasteiger partial charge in [0.15, 0.2) is 17.2 Å². The van der Waals surface area contributed by atoms with E-state index in [0.29, 0.717) is 6.42 Å². The normalized spacial score (nSPS) is 29.4. The standard InChI is InChI=1S/C20H19NO4/c22-15-9-8-13-16(17(15)23)18(24)25-20-11-5-1-4-10-19(13,20)12-6-2-3-7-14(12)21-20/h2-3,6-9,21-23H,1,4-5,10-11H2/t19?,20-/m0/s1. The lowest BCUT2D eigenvalue weighted by molar-refractivity contribution is -0.0450. The van der Waals surface area contributed by atoms with E-state index in [-0.39, 0.29) is 17.1 Å². The first-order valence-corrected chi connectivity index (χ1v) is 8.75. The van der Waals surface area contributed by atoms with E-state index in [1.807, 2.05) is 18.2 Å². The van der Waals surface area contributed by atoms with Crippen molar-refractivity contribution in [3.05, 3.63) is 53.1 Å². The van der Waals surface area contributed by atoms with E-state index < -0.39 is 17.1 Å². The molecule has 2 heterocycles. The van der Waals surface area contributed by atoms with Gasteiger partial charge in [0, 0.05) is 12.1 Å². The summed E-state index contributed by atoms with van der Waals surface area (Å²) in [7, 11) is 0. The molecule has 0 bridgehead atoms. The maximum atomic E-state index is 12.8. The Balaban J connectivity index is 1.90. The van der Waals surface area contributed by atoms with Crippen molar-refractivity contribution in [2.45, 2.75) is 43.2 Å². The van der Waals surface area contributed by atoms with Crippen LogP contribution in [0.4, 0.5) is 5.69 Å². The molecule has 5 rings (SSSR count). The Morgan fingerprint density at radius 2 is 1.76 bits per heavy atom. The molecular weight excluding hydrogens is 318 g/mol. The smallest absolute Gasteiger partial charge is 0.344 e. The predicted molar refractivity (Wildman–Crippen MR) is 91.8 cm³/mol. The first-order valence-electron chi connectivity index (χ1n) is 8.75. The number of hydrogen-bond acceptors (Lipinski definition) is 5. The Morgan fingerprint density at radius 3 is 2.64 bits per heavy atom. The van der Waals surface area contributed by atoms with E-state index in [2.05, 4.69) is 11.4 Å². The van der Waals surface area contributed by atoms with Gasteiger partial charge in [-0.3, -0.25) is 0 Å². The van der Waals surface area contributed by atoms with Crippen molar-refractivity contribution < 1.29 is 19.7 Å². The molecule has 2 atom stereocenters. The number of phenolic OH excluding ortho intramolecular Hbond substituents is 2. The van der Waals surface area contributed by atoms with E-state index in [9.17, 15) is 15.0 Å². The van der Waals surface area contributed by atoms with Crippen molar-refractivity contribution in [1.82, 2.24) is 0 Å². The average molecular weight is 337 g/mol. The van der Waals surface area contributed by atoms with Gasteiger partial charge in [0.1, 0.15) is 5.56 Å². The van der Waals surface area contributed by atoms with Crippen LogP contribution in [0.2, 0.25) is 0 Å². The fraction of sp³-hybridized carbons (Fsp3) is 0.350. The fourth-order valence-corrected chi connectivity index (χ4v) is 5.07. The second-order valence-corrected chi connectivity index (χ2v) is 7.21. The molecule has 0 amide bonds. The molecule has 5 nitrogen and oxygen atoms in total. The first-order chi connectivity index (χ1) is 12.1. The van der Waals surface area contributed by atoms with Crippen LogP contribution in [0, 0.1) is 0 Å². The zero-order valence-electron chi connectivity index (χ0n) is 13.7. The fourth-order valence-electron chi connectivity index (χ4n) is 5.07. The number of carbonyl (C=O) groups is 1. The summed E-state index contributed by atoms with van der Waals surface area (Å²) in [5.74, 6) is -1.27. The number of benzene rings is 2. The summed E-state index contributed by atoms with van der Waals surface area (Å²) >= 11 is 0. The molecule has 5 heteroatoms. The predicted octanol–water partition coefficient (Wildman–Crippen LogP) is 3.64. The Labute approximate surface area is 145 Å². The molecule has 0 radical (unpaired) electrons. The lowest BCUT2D eigenvalue weighted by atomic mass is 9.63. The van der Waals surface area contributed by atoms with Gasteiger partial charge in [-0.15, -0.1) is 0 Å². The summed E-state index contributed by atoms with van der Waals surface area (Å²) in [6.45, 7) is 0. The van der Waals surface area contributed by atoms with E-state index >= 15 is 0 Å². The van der Waals surface area contributed by atoms with Crippen molar-refractivity contribution in [2.24, 2.45) is 0 Å². The summed E-state index contributed by atoms with van der Waals surface area (Å²) in [5, 5.41) is 23.8. The molecule has 0 aromatic heterocycles. The molecule has 2 aromatic carbocycles. The van der Waals surface area contributed by atoms with Crippen LogP contribution in [0.1, 0.15) is 53.6 Å². The van der Waals surface area contributed by atoms with Crippen molar-refractivity contribution in [1.29, 1.82) is 0 Å². The number of para-hydroxylation sites is 1. The van der Waals surface area contributed by atoms with E-state index in [1.165, 1.54) is 6.07 Å². The van der Waals surface area contributed by atoms with E-state index in [4.69, 9.17) is 4.74 Å². The number of anilines is 1. The van der Waals surface area contributed by atoms with Gasteiger partial charge in [0.05, 0.1) is 5.41 Å². The van der Waals surface area contributed by atoms with Gasteiger partial charge >= 0.3 is 5.97 Å². The number of carbonyl (C=O) groups excluding carboxylic acids is 1. The Bertz CT molecular complexity index is 909. The van der Waals surface area contributed by atoms with Crippen molar-refractivity contribution in [3.63, 3.8) is 0 Å². The van der Waals surface area contributed by atoms with Crippen LogP contribution in [-0.4, -0.2) is 21.9 Å². The third-order valence-corrected chi connectivity index (χ3v) is 6.08. The Kier molecular flexibility index (Phi) is 2.74. The van der Waals surface area contributed by atoms with Gasteiger partial charge in [0.2, 0.25) is 0 Å². The second kappa shape index (κ2) is 4.69. The quantitative estimate of drug-likeness (QED) is 0.505. The molecule has 1 fully saturated rings. The summed E-state index contributed by atoms with van der Waals surface area (Å²) in [6, 6.07) is 11.3. The van der Waals surface area contributed by atoms with Gasteiger partial charge in [-0.25, -0.2) is 4.79 Å². The summed E-state index contributed by atoms with van der Waals surface area (Å²) in [6.07, 6.45) is 4.59. The van der Waals surface area contributed by atoms with Crippen LogP contribution in [0.3, 0.4) is 0 Å². The Hall–Kier alpha value is -2.69. The zero-order chi connectivity index (χ0) is 17.2. The van der Waals surface area contributed by atoms with Gasteiger partial charge in [-0.1, -0.05) is 37.1 Å². The van der Waals surface area contributed by atoms with E-state index in [0.717, 1.165) is 42.5 Å². The number of phenols is 2. The number of nitrogens with one attached hydrogen (secondary N) is 1. The monoisotopic (exact) mass is 337 g/mol. The maximum Gasteiger partial charge on any atom is 0.344 e. The van der Waals surface area contributed by atoms with Crippen molar-refractivity contribution >= 4 is 11.7 Å². The Morgan fingerprint density at radius 1 is 0.960 bits per heavy atom. The molecule has 2 aromatic rings. The molecule has 2 aliphatic heterocycles. The highest BCUT2D eigenvalue weighted by molar-refractivity contribution is 5.99. The minimum atomic E-state index is -0.833. The maximum absolute atomic E-state index is 12.8. The number of aromatic hydroxyl groups is 2. The molecule has 25 heavy (non-hydrogen) atoms.